The number of hydrogen-bond donors (Lipinski definition) is 8. The van der Waals surface area contributed by atoms with Crippen LogP contribution in [0.15, 0.2) is 48.6 Å². The molecular formula is C25H32O15. The third-order valence-corrected chi connectivity index (χ3v) is 6.44. The first-order valence-corrected chi connectivity index (χ1v) is 12.1. The molecule has 2 aliphatic rings. The smallest absolute Gasteiger partial charge is 0.386 e. The van der Waals surface area contributed by atoms with Crippen LogP contribution in [0.5, 0.6) is 0 Å². The van der Waals surface area contributed by atoms with Crippen molar-refractivity contribution in [3.05, 3.63) is 59.7 Å². The first-order valence-electron chi connectivity index (χ1n) is 12.1. The average Bonchev–Trinajstić information content (AvgIpc) is 3.21. The molecule has 1 aromatic rings. The highest BCUT2D eigenvalue weighted by Gasteiger charge is 2.64. The van der Waals surface area contributed by atoms with Gasteiger partial charge in [-0.1, -0.05) is 36.4 Å². The van der Waals surface area contributed by atoms with Gasteiger partial charge in [0, 0.05) is 11.6 Å². The van der Waals surface area contributed by atoms with Crippen LogP contribution in [0.25, 0.3) is 0 Å². The molecule has 15 heteroatoms. The summed E-state index contributed by atoms with van der Waals surface area (Å²) in [5, 5.41) is 82.8. The van der Waals surface area contributed by atoms with Crippen molar-refractivity contribution in [2.75, 3.05) is 19.8 Å². The maximum atomic E-state index is 13.0. The summed E-state index contributed by atoms with van der Waals surface area (Å²) < 4.78 is 17.0. The minimum atomic E-state index is -2.83. The predicted octanol–water partition coefficient (Wildman–Crippen LogP) is -3.12. The Morgan fingerprint density at radius 3 is 2.12 bits per heavy atom. The molecule has 2 saturated heterocycles. The van der Waals surface area contributed by atoms with Crippen molar-refractivity contribution in [2.45, 2.75) is 61.2 Å². The zero-order valence-corrected chi connectivity index (χ0v) is 21.2. The highest BCUT2D eigenvalue weighted by Crippen LogP contribution is 2.47. The molecule has 2 fully saturated rings. The molecule has 40 heavy (non-hydrogen) atoms. The molecule has 2 heterocycles. The molecule has 0 radical (unpaired) electrons. The van der Waals surface area contributed by atoms with Gasteiger partial charge in [-0.25, -0.2) is 19.4 Å². The first-order chi connectivity index (χ1) is 19.0. The summed E-state index contributed by atoms with van der Waals surface area (Å²) in [7, 11) is 0. The molecule has 0 aromatic heterocycles. The van der Waals surface area contributed by atoms with Gasteiger partial charge in [0.05, 0.1) is 18.8 Å². The van der Waals surface area contributed by atoms with Crippen molar-refractivity contribution in [3.8, 4) is 0 Å². The third kappa shape index (κ3) is 5.95. The molecule has 0 aliphatic carbocycles. The Labute approximate surface area is 227 Å². The van der Waals surface area contributed by atoms with Crippen LogP contribution >= 0.6 is 0 Å². The number of carbonyl (C=O) groups is 2. The predicted molar refractivity (Wildman–Crippen MR) is 128 cm³/mol. The van der Waals surface area contributed by atoms with Gasteiger partial charge >= 0.3 is 11.9 Å². The van der Waals surface area contributed by atoms with Gasteiger partial charge < -0.3 is 55.1 Å². The van der Waals surface area contributed by atoms with Gasteiger partial charge in [-0.15, -0.1) is 0 Å². The van der Waals surface area contributed by atoms with Gasteiger partial charge in [-0.3, -0.25) is 0 Å². The van der Waals surface area contributed by atoms with Gasteiger partial charge in [0.1, 0.15) is 49.3 Å². The van der Waals surface area contributed by atoms with E-state index in [1.54, 1.807) is 13.0 Å². The third-order valence-electron chi connectivity index (χ3n) is 6.44. The molecule has 8 N–H and O–H groups in total. The van der Waals surface area contributed by atoms with E-state index in [0.29, 0.717) is 0 Å². The molecule has 0 spiro atoms. The van der Waals surface area contributed by atoms with Gasteiger partial charge in [-0.2, -0.15) is 0 Å². The zero-order chi connectivity index (χ0) is 29.7. The van der Waals surface area contributed by atoms with Crippen LogP contribution in [-0.4, -0.2) is 121 Å². The molecule has 2 aliphatic heterocycles. The largest absolute Gasteiger partial charge is 0.394 e. The van der Waals surface area contributed by atoms with Crippen molar-refractivity contribution < 1.29 is 74.4 Å². The Balaban J connectivity index is 2.11. The van der Waals surface area contributed by atoms with Crippen molar-refractivity contribution in [3.63, 3.8) is 0 Å². The zero-order valence-electron chi connectivity index (χ0n) is 21.2. The fraction of sp³-hybridized carbons (Fsp3) is 0.520. The molecule has 3 rings (SSSR count). The molecule has 1 unspecified atom stereocenters. The van der Waals surface area contributed by atoms with Crippen molar-refractivity contribution in [1.29, 1.82) is 0 Å². The Kier molecular flexibility index (Phi) is 10.5. The SMILES string of the molecule is C/C=C/C=C/C(=O)OOC(=O)c1ccccc1[C@@]1(OC2(CO)O[C@H](CO)[C@@H](O)[C@@H]2O)O[C@H](CO)[C@@H](O)[C@H](O)[C@H]1O. The van der Waals surface area contributed by atoms with E-state index >= 15 is 0 Å². The first kappa shape index (κ1) is 31.7. The van der Waals surface area contributed by atoms with Crippen LogP contribution in [0.1, 0.15) is 22.8 Å². The second-order valence-electron chi connectivity index (χ2n) is 8.98. The van der Waals surface area contributed by atoms with E-state index in [-0.39, 0.29) is 0 Å². The molecule has 0 amide bonds. The monoisotopic (exact) mass is 572 g/mol. The lowest BCUT2D eigenvalue weighted by molar-refractivity contribution is -0.442. The minimum absolute atomic E-state index is 0.456. The standard InChI is InChI=1S/C25H32O15/c1-2-3-4-9-17(29)38-39-23(35)13-7-5-6-8-14(13)25(22(34)20(32)18(30)15(10-26)37-25)40-24(12-28)21(33)19(31)16(11-27)36-24/h2-9,15-16,18-22,26-28,30-34H,10-12H2,1H3/b3-2+,9-4+/t15-,16-,18-,19-,20+,21+,22-,24?,25+/m1/s1. The van der Waals surface area contributed by atoms with E-state index in [0.717, 1.165) is 18.2 Å². The summed E-state index contributed by atoms with van der Waals surface area (Å²) in [5.74, 6) is -7.86. The summed E-state index contributed by atoms with van der Waals surface area (Å²) >= 11 is 0. The Hall–Kier alpha value is -2.80. The number of ether oxygens (including phenoxy) is 3. The highest BCUT2D eigenvalue weighted by atomic mass is 17.2. The number of allylic oxidation sites excluding steroid dienone is 3. The van der Waals surface area contributed by atoms with Crippen LogP contribution in [0, 0.1) is 0 Å². The number of aliphatic hydroxyl groups is 8. The molecule has 1 aromatic carbocycles. The highest BCUT2D eigenvalue weighted by molar-refractivity contribution is 5.92. The Morgan fingerprint density at radius 2 is 1.52 bits per heavy atom. The van der Waals surface area contributed by atoms with Crippen LogP contribution in [0.4, 0.5) is 0 Å². The van der Waals surface area contributed by atoms with Crippen molar-refractivity contribution in [1.82, 2.24) is 0 Å². The Morgan fingerprint density at radius 1 is 0.875 bits per heavy atom. The van der Waals surface area contributed by atoms with E-state index in [4.69, 9.17) is 14.2 Å². The van der Waals surface area contributed by atoms with Crippen LogP contribution in [0.3, 0.4) is 0 Å². The summed E-state index contributed by atoms with van der Waals surface area (Å²) in [4.78, 5) is 33.9. The molecule has 15 nitrogen and oxygen atoms in total. The molecule has 0 saturated carbocycles. The number of hydrogen-bond acceptors (Lipinski definition) is 15. The average molecular weight is 573 g/mol. The lowest BCUT2D eigenvalue weighted by atomic mass is 9.85. The number of rotatable bonds is 9. The number of benzene rings is 1. The number of aliphatic hydroxyl groups excluding tert-OH is 8. The van der Waals surface area contributed by atoms with Crippen LogP contribution < -0.4 is 0 Å². The summed E-state index contributed by atoms with van der Waals surface area (Å²) in [5.41, 5.74) is -0.949. The normalized spacial score (nSPS) is 36.3. The Bertz CT molecular complexity index is 1090. The van der Waals surface area contributed by atoms with E-state index in [2.05, 4.69) is 9.78 Å². The lowest BCUT2D eigenvalue weighted by Gasteiger charge is -2.51. The fourth-order valence-electron chi connectivity index (χ4n) is 4.37. The second kappa shape index (κ2) is 13.2. The fourth-order valence-corrected chi connectivity index (χ4v) is 4.37. The van der Waals surface area contributed by atoms with Gasteiger partial charge in [-0.05, 0) is 13.0 Å². The molecular weight excluding hydrogens is 540 g/mol. The second-order valence-corrected chi connectivity index (χ2v) is 8.98. The molecule has 9 atom stereocenters. The molecule has 222 valence electrons. The van der Waals surface area contributed by atoms with E-state index < -0.39 is 97.2 Å². The van der Waals surface area contributed by atoms with Crippen molar-refractivity contribution in [2.24, 2.45) is 0 Å². The number of carbonyl (C=O) groups excluding carboxylic acids is 2. The quantitative estimate of drug-likeness (QED) is 0.0632. The van der Waals surface area contributed by atoms with E-state index in [9.17, 15) is 50.4 Å². The summed E-state index contributed by atoms with van der Waals surface area (Å²) in [6.07, 6.45) is -7.96. The van der Waals surface area contributed by atoms with E-state index in [1.165, 1.54) is 24.3 Å². The van der Waals surface area contributed by atoms with E-state index in [1.807, 2.05) is 0 Å². The van der Waals surface area contributed by atoms with Gasteiger partial charge in [0.25, 0.3) is 0 Å². The maximum absolute atomic E-state index is 13.0. The van der Waals surface area contributed by atoms with Gasteiger partial charge in [0.15, 0.2) is 0 Å². The summed E-state index contributed by atoms with van der Waals surface area (Å²) in [6, 6.07) is 4.92. The summed E-state index contributed by atoms with van der Waals surface area (Å²) in [6.45, 7) is -1.30. The maximum Gasteiger partial charge on any atom is 0.386 e. The lowest BCUT2D eigenvalue weighted by Crippen LogP contribution is -2.68. The topological polar surface area (TPSA) is 242 Å². The van der Waals surface area contributed by atoms with Crippen LogP contribution in [0.2, 0.25) is 0 Å². The minimum Gasteiger partial charge on any atom is -0.394 e. The van der Waals surface area contributed by atoms with Crippen LogP contribution in [-0.2, 0) is 34.6 Å². The van der Waals surface area contributed by atoms with Crippen molar-refractivity contribution >= 4 is 11.9 Å². The molecule has 0 bridgehead atoms. The van der Waals surface area contributed by atoms with Gasteiger partial charge in [0.2, 0.25) is 11.6 Å².